The van der Waals surface area contributed by atoms with E-state index < -0.39 is 18.8 Å². The second-order valence-electron chi connectivity index (χ2n) is 6.97. The topological polar surface area (TPSA) is 128 Å². The Hall–Kier alpha value is -3.04. The third-order valence-electron chi connectivity index (χ3n) is 4.80. The van der Waals surface area contributed by atoms with E-state index in [1.54, 1.807) is 4.90 Å². The molecule has 1 aliphatic rings. The summed E-state index contributed by atoms with van der Waals surface area (Å²) in [5.41, 5.74) is 0.837. The van der Waals surface area contributed by atoms with Gasteiger partial charge < -0.3 is 29.9 Å². The predicted molar refractivity (Wildman–Crippen MR) is 105 cm³/mol. The summed E-state index contributed by atoms with van der Waals surface area (Å²) in [5, 5.41) is 37.6. The molecular weight excluding hydrogens is 377 g/mol. The summed E-state index contributed by atoms with van der Waals surface area (Å²) in [6.45, 7) is 0.674. The number of likely N-dealkylation sites (tertiary alicyclic amines) is 1. The molecule has 1 fully saturated rings. The number of aryl methyl sites for hydroxylation is 1. The van der Waals surface area contributed by atoms with E-state index in [4.69, 9.17) is 14.8 Å². The van der Waals surface area contributed by atoms with Gasteiger partial charge in [0.1, 0.15) is 23.2 Å². The van der Waals surface area contributed by atoms with Crippen molar-refractivity contribution in [3.8, 4) is 11.5 Å². The first kappa shape index (κ1) is 20.7. The van der Waals surface area contributed by atoms with Gasteiger partial charge in [-0.2, -0.15) is 0 Å². The number of carboxylic acids is 1. The lowest BCUT2D eigenvalue weighted by molar-refractivity contribution is -0.139. The number of rotatable bonds is 8. The minimum absolute atomic E-state index is 0.0171. The Morgan fingerprint density at radius 3 is 2.41 bits per heavy atom. The maximum Gasteiger partial charge on any atom is 0.451 e. The minimum atomic E-state index is -1.55. The van der Waals surface area contributed by atoms with E-state index in [0.717, 1.165) is 5.56 Å². The number of nitrogens with zero attached hydrogens (tertiary/aromatic N) is 1. The molecule has 1 aliphatic heterocycles. The highest BCUT2D eigenvalue weighted by molar-refractivity contribution is 6.41. The molecule has 0 unspecified atom stereocenters. The number of benzene rings is 2. The van der Waals surface area contributed by atoms with Crippen LogP contribution >= 0.6 is 0 Å². The molecule has 9 heteroatoms. The van der Waals surface area contributed by atoms with Crippen molar-refractivity contribution in [1.82, 2.24) is 4.90 Å². The smallest absolute Gasteiger partial charge is 0.451 e. The van der Waals surface area contributed by atoms with Crippen molar-refractivity contribution in [3.05, 3.63) is 59.2 Å². The van der Waals surface area contributed by atoms with Gasteiger partial charge in [0.2, 0.25) is 5.91 Å². The van der Waals surface area contributed by atoms with Crippen molar-refractivity contribution in [2.45, 2.75) is 25.3 Å². The van der Waals surface area contributed by atoms with Crippen LogP contribution in [0.4, 0.5) is 0 Å². The molecule has 0 bridgehead atoms. The third-order valence-corrected chi connectivity index (χ3v) is 4.80. The lowest BCUT2D eigenvalue weighted by atomic mass is 9.82. The summed E-state index contributed by atoms with van der Waals surface area (Å²) < 4.78 is 5.70. The second-order valence-corrected chi connectivity index (χ2v) is 6.97. The number of carbonyl (C=O) groups is 2. The van der Waals surface area contributed by atoms with Crippen LogP contribution in [0.25, 0.3) is 0 Å². The standard InChI is InChI=1S/C20H22BNO7/c23-17(10-13-4-2-1-3-5-13)22-11-15(12-22)29-16-7-6-14(8-9-21(27)28)19(24)18(16)20(25)26/h1-7,15,24,27-28H,8-12H2,(H,25,26). The van der Waals surface area contributed by atoms with Crippen LogP contribution in [0, 0.1) is 0 Å². The first-order valence-electron chi connectivity index (χ1n) is 9.27. The van der Waals surface area contributed by atoms with Gasteiger partial charge in [-0.05, 0) is 29.9 Å². The monoisotopic (exact) mass is 399 g/mol. The average Bonchev–Trinajstić information content (AvgIpc) is 2.63. The summed E-state index contributed by atoms with van der Waals surface area (Å²) >= 11 is 0. The Morgan fingerprint density at radius 2 is 1.79 bits per heavy atom. The first-order chi connectivity index (χ1) is 13.8. The highest BCUT2D eigenvalue weighted by Gasteiger charge is 2.33. The van der Waals surface area contributed by atoms with Crippen molar-refractivity contribution in [3.63, 3.8) is 0 Å². The van der Waals surface area contributed by atoms with Gasteiger partial charge in [0.15, 0.2) is 0 Å². The van der Waals surface area contributed by atoms with Crippen LogP contribution in [0.3, 0.4) is 0 Å². The summed E-state index contributed by atoms with van der Waals surface area (Å²) in [6.07, 6.45) is 0.000826. The van der Waals surface area contributed by atoms with Crippen molar-refractivity contribution in [2.75, 3.05) is 13.1 Å². The fourth-order valence-corrected chi connectivity index (χ4v) is 3.19. The lowest BCUT2D eigenvalue weighted by Gasteiger charge is -2.39. The highest BCUT2D eigenvalue weighted by Crippen LogP contribution is 2.34. The summed E-state index contributed by atoms with van der Waals surface area (Å²) in [7, 11) is -1.55. The molecule has 0 spiro atoms. The minimum Gasteiger partial charge on any atom is -0.507 e. The van der Waals surface area contributed by atoms with Gasteiger partial charge in [-0.15, -0.1) is 0 Å². The largest absolute Gasteiger partial charge is 0.507 e. The fourth-order valence-electron chi connectivity index (χ4n) is 3.19. The van der Waals surface area contributed by atoms with Crippen LogP contribution in [0.1, 0.15) is 21.5 Å². The van der Waals surface area contributed by atoms with E-state index >= 15 is 0 Å². The van der Waals surface area contributed by atoms with Gasteiger partial charge in [-0.1, -0.05) is 36.4 Å². The highest BCUT2D eigenvalue weighted by atomic mass is 16.5. The molecule has 0 aromatic heterocycles. The maximum absolute atomic E-state index is 12.3. The SMILES string of the molecule is O=C(O)c1c(OC2CN(C(=O)Cc3ccccc3)C2)ccc(CCB(O)O)c1O. The van der Waals surface area contributed by atoms with Gasteiger partial charge in [0, 0.05) is 0 Å². The summed E-state index contributed by atoms with van der Waals surface area (Å²) in [4.78, 5) is 25.5. The zero-order chi connectivity index (χ0) is 21.0. The van der Waals surface area contributed by atoms with Crippen molar-refractivity contribution >= 4 is 19.0 Å². The van der Waals surface area contributed by atoms with Gasteiger partial charge in [0.05, 0.1) is 19.5 Å². The number of phenols is 1. The molecule has 1 amide bonds. The van der Waals surface area contributed by atoms with Crippen molar-refractivity contribution < 1.29 is 34.6 Å². The first-order valence-corrected chi connectivity index (χ1v) is 9.27. The van der Waals surface area contributed by atoms with Crippen LogP contribution in [-0.4, -0.2) is 63.3 Å². The lowest BCUT2D eigenvalue weighted by Crippen LogP contribution is -2.56. The van der Waals surface area contributed by atoms with Gasteiger partial charge in [0.25, 0.3) is 0 Å². The number of hydrogen-bond acceptors (Lipinski definition) is 6. The number of amides is 1. The molecule has 3 rings (SSSR count). The van der Waals surface area contributed by atoms with Crippen molar-refractivity contribution in [2.24, 2.45) is 0 Å². The van der Waals surface area contributed by atoms with Crippen LogP contribution in [0.5, 0.6) is 11.5 Å². The molecular formula is C20H22BNO7. The van der Waals surface area contributed by atoms with Crippen LogP contribution in [0.2, 0.25) is 6.32 Å². The van der Waals surface area contributed by atoms with Gasteiger partial charge in [-0.3, -0.25) is 4.79 Å². The zero-order valence-corrected chi connectivity index (χ0v) is 15.7. The van der Waals surface area contributed by atoms with E-state index in [9.17, 15) is 19.8 Å². The number of aromatic hydroxyl groups is 1. The third kappa shape index (κ3) is 5.07. The fraction of sp³-hybridized carbons (Fsp3) is 0.300. The molecule has 4 N–H and O–H groups in total. The van der Waals surface area contributed by atoms with E-state index in [-0.39, 0.29) is 41.6 Å². The molecule has 2 aromatic carbocycles. The molecule has 0 atom stereocenters. The molecule has 2 aromatic rings. The summed E-state index contributed by atoms with van der Waals surface area (Å²) in [6, 6.07) is 12.3. The summed E-state index contributed by atoms with van der Waals surface area (Å²) in [5.74, 6) is -1.81. The Morgan fingerprint density at radius 1 is 1.10 bits per heavy atom. The number of carbonyl (C=O) groups excluding carboxylic acids is 1. The number of ether oxygens (including phenoxy) is 1. The quantitative estimate of drug-likeness (QED) is 0.487. The molecule has 1 heterocycles. The Balaban J connectivity index is 1.61. The normalized spacial score (nSPS) is 13.7. The molecule has 8 nitrogen and oxygen atoms in total. The molecule has 0 aliphatic carbocycles. The van der Waals surface area contributed by atoms with E-state index in [2.05, 4.69) is 0 Å². The molecule has 0 radical (unpaired) electrons. The van der Waals surface area contributed by atoms with Gasteiger partial charge in [-0.25, -0.2) is 4.79 Å². The van der Waals surface area contributed by atoms with Crippen LogP contribution < -0.4 is 4.74 Å². The van der Waals surface area contributed by atoms with E-state index in [1.165, 1.54) is 12.1 Å². The second kappa shape index (κ2) is 8.98. The Kier molecular flexibility index (Phi) is 6.41. The van der Waals surface area contributed by atoms with E-state index in [0.29, 0.717) is 19.5 Å². The molecule has 152 valence electrons. The number of aromatic carboxylic acids is 1. The molecule has 0 saturated carbocycles. The van der Waals surface area contributed by atoms with Gasteiger partial charge >= 0.3 is 13.1 Å². The predicted octanol–water partition coefficient (Wildman–Crippen LogP) is 0.938. The van der Waals surface area contributed by atoms with Crippen LogP contribution in [-0.2, 0) is 17.6 Å². The van der Waals surface area contributed by atoms with Crippen molar-refractivity contribution in [1.29, 1.82) is 0 Å². The average molecular weight is 399 g/mol. The molecule has 1 saturated heterocycles. The van der Waals surface area contributed by atoms with E-state index in [1.807, 2.05) is 30.3 Å². The Bertz CT molecular complexity index is 882. The zero-order valence-electron chi connectivity index (χ0n) is 15.7. The number of hydrogen-bond donors (Lipinski definition) is 4. The Labute approximate surface area is 168 Å². The maximum atomic E-state index is 12.3. The molecule has 29 heavy (non-hydrogen) atoms. The van der Waals surface area contributed by atoms with Crippen LogP contribution in [0.15, 0.2) is 42.5 Å². The number of carboxylic acid groups (broad SMARTS) is 1.